The third kappa shape index (κ3) is 1.88. The molecule has 2 unspecified atom stereocenters. The summed E-state index contributed by atoms with van der Waals surface area (Å²) in [5.41, 5.74) is 1.77. The maximum Gasteiger partial charge on any atom is 0.412 e. The number of nitrogens with zero attached hydrogens (tertiary/aromatic N) is 2. The molecule has 0 saturated carbocycles. The van der Waals surface area contributed by atoms with E-state index in [4.69, 9.17) is 5.11 Å². The topological polar surface area (TPSA) is 81.1 Å². The molecule has 6 heteroatoms. The molecule has 0 aromatic heterocycles. The number of fused-ring (bicyclic) bond motifs is 3. The third-order valence-electron chi connectivity index (χ3n) is 4.27. The maximum absolute atomic E-state index is 11.5. The van der Waals surface area contributed by atoms with Crippen LogP contribution in [0.25, 0.3) is 0 Å². The van der Waals surface area contributed by atoms with E-state index in [2.05, 4.69) is 0 Å². The Labute approximate surface area is 116 Å². The molecule has 2 atom stereocenters. The molecule has 1 aromatic carbocycles. The molecule has 1 fully saturated rings. The van der Waals surface area contributed by atoms with Crippen LogP contribution in [0.4, 0.5) is 15.3 Å². The van der Waals surface area contributed by atoms with Gasteiger partial charge in [-0.2, -0.15) is 0 Å². The highest BCUT2D eigenvalue weighted by Crippen LogP contribution is 2.45. The molecule has 3 rings (SSSR count). The maximum atomic E-state index is 11.5. The second-order valence-corrected chi connectivity index (χ2v) is 5.23. The molecule has 1 saturated heterocycles. The molecule has 20 heavy (non-hydrogen) atoms. The van der Waals surface area contributed by atoms with Crippen LogP contribution in [-0.4, -0.2) is 46.4 Å². The summed E-state index contributed by atoms with van der Waals surface area (Å²) < 4.78 is 0. The molecule has 106 valence electrons. The van der Waals surface area contributed by atoms with Crippen molar-refractivity contribution in [1.29, 1.82) is 0 Å². The molecule has 2 aliphatic heterocycles. The summed E-state index contributed by atoms with van der Waals surface area (Å²) in [6.45, 7) is 0.840. The van der Waals surface area contributed by atoms with Crippen LogP contribution >= 0.6 is 0 Å². The van der Waals surface area contributed by atoms with E-state index < -0.39 is 12.2 Å². The van der Waals surface area contributed by atoms with Gasteiger partial charge in [0, 0.05) is 25.0 Å². The third-order valence-corrected chi connectivity index (χ3v) is 4.27. The molecule has 2 N–H and O–H groups in total. The first-order valence-corrected chi connectivity index (χ1v) is 6.68. The lowest BCUT2D eigenvalue weighted by Gasteiger charge is -2.24. The Morgan fingerprint density at radius 1 is 1.05 bits per heavy atom. The Morgan fingerprint density at radius 2 is 1.75 bits per heavy atom. The van der Waals surface area contributed by atoms with Crippen LogP contribution in [0.5, 0.6) is 0 Å². The van der Waals surface area contributed by atoms with Gasteiger partial charge in [-0.05, 0) is 24.5 Å². The molecule has 0 spiro atoms. The van der Waals surface area contributed by atoms with Gasteiger partial charge in [-0.25, -0.2) is 9.59 Å². The van der Waals surface area contributed by atoms with E-state index >= 15 is 0 Å². The van der Waals surface area contributed by atoms with Gasteiger partial charge in [0.25, 0.3) is 0 Å². The second-order valence-electron chi connectivity index (χ2n) is 5.23. The minimum absolute atomic E-state index is 0.0895. The fraction of sp³-hybridized carbons (Fsp3) is 0.429. The van der Waals surface area contributed by atoms with Gasteiger partial charge in [-0.1, -0.05) is 18.2 Å². The minimum atomic E-state index is -0.964. The SMILES string of the molecule is O=C(O)N1CCC2c3ccccc3N(C(=O)O)C2CC1. The molecule has 1 aromatic rings. The van der Waals surface area contributed by atoms with E-state index in [1.807, 2.05) is 24.3 Å². The lowest BCUT2D eigenvalue weighted by atomic mass is 9.91. The Balaban J connectivity index is 1.96. The predicted molar refractivity (Wildman–Crippen MR) is 72.3 cm³/mol. The number of amides is 2. The van der Waals surface area contributed by atoms with Crippen molar-refractivity contribution < 1.29 is 19.8 Å². The molecule has 2 heterocycles. The Bertz CT molecular complexity index is 560. The van der Waals surface area contributed by atoms with Gasteiger partial charge in [-0.3, -0.25) is 4.90 Å². The Kier molecular flexibility index (Phi) is 3.00. The first-order valence-electron chi connectivity index (χ1n) is 6.68. The van der Waals surface area contributed by atoms with Gasteiger partial charge in [0.05, 0.1) is 5.69 Å². The number of carboxylic acid groups (broad SMARTS) is 2. The summed E-state index contributed by atoms with van der Waals surface area (Å²) in [5, 5.41) is 18.6. The Hall–Kier alpha value is -2.24. The highest BCUT2D eigenvalue weighted by molar-refractivity contribution is 5.90. The van der Waals surface area contributed by atoms with Gasteiger partial charge in [0.2, 0.25) is 0 Å². The van der Waals surface area contributed by atoms with E-state index in [9.17, 15) is 14.7 Å². The summed E-state index contributed by atoms with van der Waals surface area (Å²) in [4.78, 5) is 25.4. The molecule has 0 bridgehead atoms. The van der Waals surface area contributed by atoms with Crippen LogP contribution in [0, 0.1) is 0 Å². The normalized spacial score (nSPS) is 24.8. The summed E-state index contributed by atoms with van der Waals surface area (Å²) in [5.74, 6) is 0.0895. The summed E-state index contributed by atoms with van der Waals surface area (Å²) in [6, 6.07) is 7.36. The van der Waals surface area contributed by atoms with Crippen LogP contribution in [0.2, 0.25) is 0 Å². The fourth-order valence-electron chi connectivity index (χ4n) is 3.40. The molecular formula is C14H16N2O4. The molecule has 0 aliphatic carbocycles. The lowest BCUT2D eigenvalue weighted by molar-refractivity contribution is 0.146. The summed E-state index contributed by atoms with van der Waals surface area (Å²) in [6.07, 6.45) is -0.691. The van der Waals surface area contributed by atoms with E-state index in [1.165, 1.54) is 9.80 Å². The molecule has 2 aliphatic rings. The molecule has 2 amide bonds. The second kappa shape index (κ2) is 4.70. The standard InChI is InChI=1S/C14H16N2O4/c17-13(18)15-7-5-10-9-3-1-2-4-11(9)16(14(19)20)12(10)6-8-15/h1-4,10,12H,5-8H2,(H,17,18)(H,19,20). The summed E-state index contributed by atoms with van der Waals surface area (Å²) >= 11 is 0. The fourth-order valence-corrected chi connectivity index (χ4v) is 3.40. The quantitative estimate of drug-likeness (QED) is 0.762. The number of likely N-dealkylation sites (tertiary alicyclic amines) is 1. The van der Waals surface area contributed by atoms with Crippen molar-refractivity contribution in [2.75, 3.05) is 18.0 Å². The van der Waals surface area contributed by atoms with E-state index in [1.54, 1.807) is 0 Å². The zero-order valence-corrected chi connectivity index (χ0v) is 10.9. The van der Waals surface area contributed by atoms with Crippen LogP contribution in [0.1, 0.15) is 24.3 Å². The highest BCUT2D eigenvalue weighted by atomic mass is 16.4. The largest absolute Gasteiger partial charge is 0.465 e. The van der Waals surface area contributed by atoms with Crippen molar-refractivity contribution in [2.24, 2.45) is 0 Å². The number of rotatable bonds is 0. The number of hydrogen-bond donors (Lipinski definition) is 2. The smallest absolute Gasteiger partial charge is 0.412 e. The number of para-hydroxylation sites is 1. The average molecular weight is 276 g/mol. The number of anilines is 1. The molecule has 6 nitrogen and oxygen atoms in total. The van der Waals surface area contributed by atoms with Crippen molar-refractivity contribution in [3.63, 3.8) is 0 Å². The zero-order valence-electron chi connectivity index (χ0n) is 10.9. The predicted octanol–water partition coefficient (Wildman–Crippen LogP) is 2.41. The Morgan fingerprint density at radius 3 is 2.45 bits per heavy atom. The summed E-state index contributed by atoms with van der Waals surface area (Å²) in [7, 11) is 0. The van der Waals surface area contributed by atoms with Crippen molar-refractivity contribution in [1.82, 2.24) is 4.90 Å². The van der Waals surface area contributed by atoms with Crippen LogP contribution in [-0.2, 0) is 0 Å². The van der Waals surface area contributed by atoms with Gasteiger partial charge in [0.15, 0.2) is 0 Å². The van der Waals surface area contributed by atoms with Crippen molar-refractivity contribution in [2.45, 2.75) is 24.8 Å². The van der Waals surface area contributed by atoms with Gasteiger partial charge in [-0.15, -0.1) is 0 Å². The first kappa shape index (κ1) is 12.8. The van der Waals surface area contributed by atoms with Gasteiger partial charge >= 0.3 is 12.2 Å². The van der Waals surface area contributed by atoms with E-state index in [-0.39, 0.29) is 12.0 Å². The highest BCUT2D eigenvalue weighted by Gasteiger charge is 2.43. The minimum Gasteiger partial charge on any atom is -0.465 e. The number of hydrogen-bond acceptors (Lipinski definition) is 2. The van der Waals surface area contributed by atoms with Crippen LogP contribution < -0.4 is 4.90 Å². The lowest BCUT2D eigenvalue weighted by Crippen LogP contribution is -2.39. The van der Waals surface area contributed by atoms with E-state index in [0.29, 0.717) is 25.9 Å². The van der Waals surface area contributed by atoms with Crippen molar-refractivity contribution in [3.8, 4) is 0 Å². The van der Waals surface area contributed by atoms with Gasteiger partial charge in [0.1, 0.15) is 0 Å². The zero-order chi connectivity index (χ0) is 14.3. The van der Waals surface area contributed by atoms with Crippen LogP contribution in [0.3, 0.4) is 0 Å². The van der Waals surface area contributed by atoms with E-state index in [0.717, 1.165) is 11.3 Å². The van der Waals surface area contributed by atoms with Crippen molar-refractivity contribution >= 4 is 17.9 Å². The van der Waals surface area contributed by atoms with Crippen molar-refractivity contribution in [3.05, 3.63) is 29.8 Å². The average Bonchev–Trinajstić information content (AvgIpc) is 2.57. The molecule has 0 radical (unpaired) electrons. The number of benzene rings is 1. The monoisotopic (exact) mass is 276 g/mol. The molecular weight excluding hydrogens is 260 g/mol. The number of carbonyl (C=O) groups is 2. The first-order chi connectivity index (χ1) is 9.59. The van der Waals surface area contributed by atoms with Crippen LogP contribution in [0.15, 0.2) is 24.3 Å². The van der Waals surface area contributed by atoms with Gasteiger partial charge < -0.3 is 15.1 Å².